The maximum absolute atomic E-state index is 10.7. The second-order valence-corrected chi connectivity index (χ2v) is 4.31. The molecule has 0 bridgehead atoms. The van der Waals surface area contributed by atoms with Crippen molar-refractivity contribution < 1.29 is 14.7 Å². The van der Waals surface area contributed by atoms with Crippen LogP contribution in [0.2, 0.25) is 0 Å². The smallest absolute Gasteiger partial charge is 0.304 e. The minimum atomic E-state index is -0.738. The fourth-order valence-electron chi connectivity index (χ4n) is 1.88. The zero-order valence-electron chi connectivity index (χ0n) is 10.3. The van der Waals surface area contributed by atoms with E-state index in [1.54, 1.807) is 0 Å². The predicted molar refractivity (Wildman–Crippen MR) is 63.8 cm³/mol. The molecule has 1 saturated heterocycles. The van der Waals surface area contributed by atoms with Gasteiger partial charge in [0.25, 0.3) is 0 Å². The lowest BCUT2D eigenvalue weighted by atomic mass is 10.3. The van der Waals surface area contributed by atoms with Crippen LogP contribution in [0.5, 0.6) is 0 Å². The molecular weight excluding hydrogens is 222 g/mol. The molecule has 1 fully saturated rings. The molecule has 98 valence electrons. The van der Waals surface area contributed by atoms with Gasteiger partial charge in [-0.1, -0.05) is 0 Å². The Kier molecular flexibility index (Phi) is 5.93. The van der Waals surface area contributed by atoms with E-state index >= 15 is 0 Å². The van der Waals surface area contributed by atoms with Gasteiger partial charge in [0.05, 0.1) is 6.42 Å². The summed E-state index contributed by atoms with van der Waals surface area (Å²) in [6, 6.07) is 0. The maximum atomic E-state index is 10.7. The van der Waals surface area contributed by atoms with Gasteiger partial charge in [0.2, 0.25) is 5.91 Å². The van der Waals surface area contributed by atoms with Crippen molar-refractivity contribution in [3.63, 3.8) is 0 Å². The van der Waals surface area contributed by atoms with Gasteiger partial charge in [-0.05, 0) is 0 Å². The molecule has 1 heterocycles. The first-order chi connectivity index (χ1) is 8.08. The van der Waals surface area contributed by atoms with Crippen molar-refractivity contribution in [3.8, 4) is 0 Å². The zero-order valence-corrected chi connectivity index (χ0v) is 10.3. The molecule has 1 aliphatic heterocycles. The van der Waals surface area contributed by atoms with E-state index < -0.39 is 5.97 Å². The van der Waals surface area contributed by atoms with E-state index in [1.165, 1.54) is 6.92 Å². The van der Waals surface area contributed by atoms with E-state index in [1.807, 2.05) is 0 Å². The Hall–Kier alpha value is -1.14. The van der Waals surface area contributed by atoms with Gasteiger partial charge in [-0.3, -0.25) is 14.5 Å². The summed E-state index contributed by atoms with van der Waals surface area (Å²) in [5.41, 5.74) is 0. The minimum absolute atomic E-state index is 0.00472. The van der Waals surface area contributed by atoms with Gasteiger partial charge in [-0.15, -0.1) is 0 Å². The van der Waals surface area contributed by atoms with E-state index in [9.17, 15) is 9.59 Å². The molecule has 2 N–H and O–H groups in total. The van der Waals surface area contributed by atoms with Crippen LogP contribution in [-0.4, -0.2) is 72.6 Å². The average molecular weight is 243 g/mol. The molecule has 1 rings (SSSR count). The first kappa shape index (κ1) is 13.9. The van der Waals surface area contributed by atoms with Crippen LogP contribution in [0.25, 0.3) is 0 Å². The summed E-state index contributed by atoms with van der Waals surface area (Å²) >= 11 is 0. The van der Waals surface area contributed by atoms with Crippen LogP contribution >= 0.6 is 0 Å². The highest BCUT2D eigenvalue weighted by atomic mass is 16.4. The number of hydrogen-bond acceptors (Lipinski definition) is 4. The average Bonchev–Trinajstić information content (AvgIpc) is 2.27. The molecule has 0 unspecified atom stereocenters. The van der Waals surface area contributed by atoms with Crippen LogP contribution < -0.4 is 5.32 Å². The lowest BCUT2D eigenvalue weighted by molar-refractivity contribution is -0.137. The molecule has 6 nitrogen and oxygen atoms in total. The molecule has 0 aromatic carbocycles. The Bertz CT molecular complexity index is 263. The van der Waals surface area contributed by atoms with Gasteiger partial charge in [-0.25, -0.2) is 0 Å². The van der Waals surface area contributed by atoms with E-state index in [4.69, 9.17) is 5.11 Å². The first-order valence-electron chi connectivity index (χ1n) is 5.99. The Labute approximate surface area is 102 Å². The third-order valence-electron chi connectivity index (χ3n) is 2.91. The number of amides is 1. The summed E-state index contributed by atoms with van der Waals surface area (Å²) in [5, 5.41) is 11.4. The Morgan fingerprint density at radius 1 is 1.12 bits per heavy atom. The highest BCUT2D eigenvalue weighted by Crippen LogP contribution is 2.01. The van der Waals surface area contributed by atoms with Gasteiger partial charge in [0.1, 0.15) is 0 Å². The van der Waals surface area contributed by atoms with E-state index in [0.717, 1.165) is 32.7 Å². The number of hydrogen-bond donors (Lipinski definition) is 2. The SMILES string of the molecule is CC(=O)NCCN1CCN(CCC(=O)O)CC1. The number of piperazine rings is 1. The Morgan fingerprint density at radius 3 is 2.12 bits per heavy atom. The number of nitrogens with one attached hydrogen (secondary N) is 1. The molecule has 1 aliphatic rings. The lowest BCUT2D eigenvalue weighted by Crippen LogP contribution is -2.48. The van der Waals surface area contributed by atoms with Gasteiger partial charge in [-0.2, -0.15) is 0 Å². The standard InChI is InChI=1S/C11H21N3O3/c1-10(15)12-3-5-14-8-6-13(7-9-14)4-2-11(16)17/h2-9H2,1H3,(H,12,15)(H,16,17). The van der Waals surface area contributed by atoms with Crippen LogP contribution in [0.1, 0.15) is 13.3 Å². The minimum Gasteiger partial charge on any atom is -0.481 e. The molecular formula is C11H21N3O3. The summed E-state index contributed by atoms with van der Waals surface area (Å²) in [5.74, 6) is -0.733. The molecule has 1 amide bonds. The highest BCUT2D eigenvalue weighted by molar-refractivity contribution is 5.72. The van der Waals surface area contributed by atoms with E-state index in [0.29, 0.717) is 13.1 Å². The van der Waals surface area contributed by atoms with Crippen molar-refractivity contribution in [3.05, 3.63) is 0 Å². The van der Waals surface area contributed by atoms with Crippen LogP contribution in [-0.2, 0) is 9.59 Å². The second-order valence-electron chi connectivity index (χ2n) is 4.31. The van der Waals surface area contributed by atoms with Crippen molar-refractivity contribution in [2.75, 3.05) is 45.8 Å². The molecule has 0 saturated carbocycles. The summed E-state index contributed by atoms with van der Waals surface area (Å²) in [4.78, 5) is 25.6. The van der Waals surface area contributed by atoms with Crippen molar-refractivity contribution in [1.29, 1.82) is 0 Å². The Morgan fingerprint density at radius 2 is 1.65 bits per heavy atom. The van der Waals surface area contributed by atoms with Crippen LogP contribution in [0.15, 0.2) is 0 Å². The molecule has 0 aromatic heterocycles. The number of carboxylic acids is 1. The highest BCUT2D eigenvalue weighted by Gasteiger charge is 2.16. The van der Waals surface area contributed by atoms with Crippen molar-refractivity contribution in [2.45, 2.75) is 13.3 Å². The number of carbonyl (C=O) groups is 2. The molecule has 6 heteroatoms. The molecule has 0 spiro atoms. The predicted octanol–water partition coefficient (Wildman–Crippen LogP) is -0.785. The fourth-order valence-corrected chi connectivity index (χ4v) is 1.88. The first-order valence-corrected chi connectivity index (χ1v) is 5.99. The maximum Gasteiger partial charge on any atom is 0.304 e. The van der Waals surface area contributed by atoms with E-state index in [-0.39, 0.29) is 12.3 Å². The summed E-state index contributed by atoms with van der Waals surface area (Å²) < 4.78 is 0. The summed E-state index contributed by atoms with van der Waals surface area (Å²) in [6.07, 6.45) is 0.214. The Balaban J connectivity index is 2.08. The normalized spacial score (nSPS) is 17.9. The van der Waals surface area contributed by atoms with E-state index in [2.05, 4.69) is 15.1 Å². The zero-order chi connectivity index (χ0) is 12.7. The second kappa shape index (κ2) is 7.24. The van der Waals surface area contributed by atoms with Crippen molar-refractivity contribution in [1.82, 2.24) is 15.1 Å². The largest absolute Gasteiger partial charge is 0.481 e. The third kappa shape index (κ3) is 6.23. The van der Waals surface area contributed by atoms with Crippen LogP contribution in [0.4, 0.5) is 0 Å². The quantitative estimate of drug-likeness (QED) is 0.640. The third-order valence-corrected chi connectivity index (χ3v) is 2.91. The number of carbonyl (C=O) groups excluding carboxylic acids is 1. The fraction of sp³-hybridized carbons (Fsp3) is 0.818. The molecule has 0 atom stereocenters. The summed E-state index contributed by atoms with van der Waals surface area (Å²) in [7, 11) is 0. The summed E-state index contributed by atoms with van der Waals surface area (Å²) in [6.45, 7) is 7.41. The number of aliphatic carboxylic acids is 1. The molecule has 0 radical (unpaired) electrons. The lowest BCUT2D eigenvalue weighted by Gasteiger charge is -2.34. The van der Waals surface area contributed by atoms with Gasteiger partial charge < -0.3 is 15.3 Å². The topological polar surface area (TPSA) is 72.9 Å². The van der Waals surface area contributed by atoms with Crippen molar-refractivity contribution in [2.24, 2.45) is 0 Å². The van der Waals surface area contributed by atoms with Crippen LogP contribution in [0, 0.1) is 0 Å². The molecule has 0 aliphatic carbocycles. The number of nitrogens with zero attached hydrogens (tertiary/aromatic N) is 2. The molecule has 17 heavy (non-hydrogen) atoms. The van der Waals surface area contributed by atoms with Crippen LogP contribution in [0.3, 0.4) is 0 Å². The van der Waals surface area contributed by atoms with Gasteiger partial charge in [0.15, 0.2) is 0 Å². The molecule has 0 aromatic rings. The number of rotatable bonds is 6. The van der Waals surface area contributed by atoms with Crippen molar-refractivity contribution >= 4 is 11.9 Å². The van der Waals surface area contributed by atoms with Gasteiger partial charge in [0, 0.05) is 52.7 Å². The monoisotopic (exact) mass is 243 g/mol. The number of carboxylic acid groups (broad SMARTS) is 1. The van der Waals surface area contributed by atoms with Gasteiger partial charge >= 0.3 is 5.97 Å².